The van der Waals surface area contributed by atoms with Gasteiger partial charge in [-0.05, 0) is 0 Å². The van der Waals surface area contributed by atoms with Crippen LogP contribution < -0.4 is 0 Å². The van der Waals surface area contributed by atoms with Crippen molar-refractivity contribution >= 4 is 19.3 Å². The Morgan fingerprint density at radius 3 is 1.50 bits per heavy atom. The zero-order chi connectivity index (χ0) is 6.08. The second-order valence-corrected chi connectivity index (χ2v) is 3.88. The van der Waals surface area contributed by atoms with Gasteiger partial charge < -0.3 is 9.11 Å². The topological polar surface area (TPSA) is 97.3 Å². The van der Waals surface area contributed by atoms with Crippen LogP contribution in [0.15, 0.2) is 0 Å². The molecule has 0 saturated carbocycles. The van der Waals surface area contributed by atoms with Gasteiger partial charge in [0.1, 0.15) is 0 Å². The first-order chi connectivity index (χ1) is 2.94. The Labute approximate surface area is 60.7 Å². The molecule has 0 N–H and O–H groups in total. The van der Waals surface area contributed by atoms with Crippen LogP contribution in [0.25, 0.3) is 0 Å². The quantitative estimate of drug-likeness (QED) is 0.222. The fraction of sp³-hybridized carbons (Fsp3) is 0. The maximum atomic E-state index is 9.16. The van der Waals surface area contributed by atoms with Crippen LogP contribution in [-0.4, -0.2) is 21.7 Å². The number of hydrogen-bond donors (Lipinski definition) is 0. The zero-order valence-electron chi connectivity index (χ0n) is 3.56. The molecule has 0 spiro atoms. The predicted octanol–water partition coefficient (Wildman–Crippen LogP) is -1.68. The molecule has 0 rings (SSSR count). The summed E-state index contributed by atoms with van der Waals surface area (Å²) in [6.45, 7) is 0. The third-order valence-corrected chi connectivity index (χ3v) is 1.50. The minimum Gasteiger partial charge on any atom is -0.761 e. The molecular formula is O5S2Zn. The van der Waals surface area contributed by atoms with E-state index in [0.29, 0.717) is 0 Å². The second kappa shape index (κ2) is 3.63. The van der Waals surface area contributed by atoms with E-state index in [1.54, 1.807) is 0 Å². The molecule has 0 heterocycles. The van der Waals surface area contributed by atoms with Crippen LogP contribution >= 0.6 is 0 Å². The smallest absolute Gasteiger partial charge is 0.761 e. The van der Waals surface area contributed by atoms with E-state index < -0.39 is 19.3 Å². The Morgan fingerprint density at radius 2 is 1.50 bits per heavy atom. The molecule has 0 bridgehead atoms. The van der Waals surface area contributed by atoms with Crippen LogP contribution in [0.1, 0.15) is 0 Å². The third kappa shape index (κ3) is 4.79. The molecule has 44 valence electrons. The maximum absolute atomic E-state index is 9.16. The molecule has 0 radical (unpaired) electrons. The average Bonchev–Trinajstić information content (AvgIpc) is 1.31. The van der Waals surface area contributed by atoms with E-state index in [4.69, 9.17) is 21.7 Å². The Morgan fingerprint density at radius 1 is 1.38 bits per heavy atom. The van der Waals surface area contributed by atoms with E-state index in [1.807, 2.05) is 0 Å². The van der Waals surface area contributed by atoms with Crippen molar-refractivity contribution in [3.8, 4) is 0 Å². The Kier molecular flexibility index (Phi) is 5.19. The molecule has 8 heavy (non-hydrogen) atoms. The number of hydrogen-bond acceptors (Lipinski definition) is 5. The summed E-state index contributed by atoms with van der Waals surface area (Å²) < 4.78 is 45.7. The molecule has 1 atom stereocenters. The molecule has 0 amide bonds. The zero-order valence-corrected chi connectivity index (χ0v) is 8.16. The van der Waals surface area contributed by atoms with Crippen molar-refractivity contribution in [2.45, 2.75) is 0 Å². The van der Waals surface area contributed by atoms with E-state index in [1.165, 1.54) is 0 Å². The van der Waals surface area contributed by atoms with E-state index in [2.05, 4.69) is 0 Å². The van der Waals surface area contributed by atoms with Crippen LogP contribution in [-0.2, 0) is 38.7 Å². The average molecular weight is 210 g/mol. The first-order valence-electron chi connectivity index (χ1n) is 1.00. The Balaban J connectivity index is 0. The van der Waals surface area contributed by atoms with Gasteiger partial charge in [-0.15, -0.1) is 0 Å². The summed E-state index contributed by atoms with van der Waals surface area (Å²) in [7, 11) is -8.59. The second-order valence-electron chi connectivity index (χ2n) is 0.612. The largest absolute Gasteiger partial charge is 2.00 e. The van der Waals surface area contributed by atoms with Crippen LogP contribution in [0, 0.1) is 0 Å². The van der Waals surface area contributed by atoms with E-state index in [0.717, 1.165) is 0 Å². The first-order valence-corrected chi connectivity index (χ1v) is 4.00. The molecular weight excluding hydrogens is 210 g/mol. The van der Waals surface area contributed by atoms with E-state index in [9.17, 15) is 0 Å². The molecule has 8 heteroatoms. The van der Waals surface area contributed by atoms with Gasteiger partial charge in [-0.3, -0.25) is 4.21 Å². The van der Waals surface area contributed by atoms with Crippen molar-refractivity contribution in [3.63, 3.8) is 0 Å². The van der Waals surface area contributed by atoms with Crippen molar-refractivity contribution in [1.82, 2.24) is 0 Å². The van der Waals surface area contributed by atoms with Crippen molar-refractivity contribution < 1.29 is 41.2 Å². The van der Waals surface area contributed by atoms with E-state index in [-0.39, 0.29) is 19.5 Å². The molecule has 0 fully saturated rings. The standard InChI is InChI=1S/H2O5S2.Zn/c1-6(2)7(3,4)5;/h(H,1,2)(H,3,4,5);/q;+2/p-2. The summed E-state index contributed by atoms with van der Waals surface area (Å²) >= 11 is 0. The first kappa shape index (κ1) is 11.4. The summed E-state index contributed by atoms with van der Waals surface area (Å²) in [6.07, 6.45) is 0. The normalized spacial score (nSPS) is 14.2. The van der Waals surface area contributed by atoms with Gasteiger partial charge in [-0.2, -0.15) is 0 Å². The molecule has 0 aromatic carbocycles. The van der Waals surface area contributed by atoms with E-state index >= 15 is 0 Å². The van der Waals surface area contributed by atoms with Crippen molar-refractivity contribution in [1.29, 1.82) is 0 Å². The molecule has 0 aliphatic rings. The van der Waals surface area contributed by atoms with Crippen molar-refractivity contribution in [2.75, 3.05) is 0 Å². The molecule has 0 saturated heterocycles. The summed E-state index contributed by atoms with van der Waals surface area (Å²) in [6, 6.07) is 0. The SMILES string of the molecule is O=S([O-])S(=O)(=O)[O-].[Zn+2]. The number of rotatable bonds is 1. The van der Waals surface area contributed by atoms with Crippen LogP contribution in [0.2, 0.25) is 0 Å². The minimum absolute atomic E-state index is 0. The summed E-state index contributed by atoms with van der Waals surface area (Å²) in [5.74, 6) is 0. The summed E-state index contributed by atoms with van der Waals surface area (Å²) in [5, 5.41) is 0. The third-order valence-electron chi connectivity index (χ3n) is 0.167. The molecule has 5 nitrogen and oxygen atoms in total. The van der Waals surface area contributed by atoms with Gasteiger partial charge in [0.05, 0.1) is 10.1 Å². The van der Waals surface area contributed by atoms with Crippen LogP contribution in [0.4, 0.5) is 0 Å². The van der Waals surface area contributed by atoms with Gasteiger partial charge in [0.25, 0.3) is 0 Å². The van der Waals surface area contributed by atoms with Gasteiger partial charge in [-0.25, -0.2) is 8.42 Å². The van der Waals surface area contributed by atoms with Gasteiger partial charge in [0, 0.05) is 0 Å². The molecule has 0 aliphatic carbocycles. The Hall–Kier alpha value is 0.643. The fourth-order valence-electron chi connectivity index (χ4n) is 0. The van der Waals surface area contributed by atoms with Crippen LogP contribution in [0.5, 0.6) is 0 Å². The Bertz CT molecular complexity index is 165. The summed E-state index contributed by atoms with van der Waals surface area (Å²) in [4.78, 5) is 0. The fourth-order valence-corrected chi connectivity index (χ4v) is 0. The molecule has 1 unspecified atom stereocenters. The van der Waals surface area contributed by atoms with Crippen molar-refractivity contribution in [3.05, 3.63) is 0 Å². The van der Waals surface area contributed by atoms with Crippen molar-refractivity contribution in [2.24, 2.45) is 0 Å². The predicted molar refractivity (Wildman–Crippen MR) is 18.6 cm³/mol. The molecule has 0 aromatic heterocycles. The van der Waals surface area contributed by atoms with Gasteiger partial charge in [0.15, 0.2) is 9.15 Å². The monoisotopic (exact) mass is 208 g/mol. The van der Waals surface area contributed by atoms with Gasteiger partial charge in [-0.1, -0.05) is 0 Å². The maximum Gasteiger partial charge on any atom is 2.00 e. The van der Waals surface area contributed by atoms with Gasteiger partial charge >= 0.3 is 19.5 Å². The van der Waals surface area contributed by atoms with Gasteiger partial charge in [0.2, 0.25) is 0 Å². The molecule has 0 aliphatic heterocycles. The summed E-state index contributed by atoms with van der Waals surface area (Å²) in [5.41, 5.74) is 0. The van der Waals surface area contributed by atoms with Crippen LogP contribution in [0.3, 0.4) is 0 Å². The minimum atomic E-state index is -5.07. The molecule has 0 aromatic rings.